The smallest absolute Gasteiger partial charge is 0.308 e. The van der Waals surface area contributed by atoms with E-state index >= 15 is 0 Å². The van der Waals surface area contributed by atoms with E-state index in [1.54, 1.807) is 0 Å². The lowest BCUT2D eigenvalue weighted by atomic mass is 10.2. The first-order valence-electron chi connectivity index (χ1n) is 7.13. The molecule has 1 aromatic rings. The molecule has 0 heterocycles. The van der Waals surface area contributed by atoms with Crippen LogP contribution in [0.2, 0.25) is 0 Å². The lowest BCUT2D eigenvalue weighted by molar-refractivity contribution is -0.148. The Labute approximate surface area is 116 Å². The second-order valence-corrected chi connectivity index (χ2v) is 5.09. The molecule has 0 aliphatic carbocycles. The van der Waals surface area contributed by atoms with E-state index in [4.69, 9.17) is 4.74 Å². The van der Waals surface area contributed by atoms with Gasteiger partial charge in [-0.3, -0.25) is 4.79 Å². The molecular formula is C16H25NO2. The molecule has 0 aliphatic heterocycles. The third-order valence-corrected chi connectivity index (χ3v) is 2.92. The number of carbonyl (C=O) groups excluding carboxylic acids is 1. The summed E-state index contributed by atoms with van der Waals surface area (Å²) in [6.45, 7) is 7.24. The molecule has 0 spiro atoms. The number of rotatable bonds is 8. The second kappa shape index (κ2) is 8.57. The Morgan fingerprint density at radius 1 is 1.21 bits per heavy atom. The van der Waals surface area contributed by atoms with Crippen molar-refractivity contribution in [1.82, 2.24) is 0 Å². The molecule has 1 rings (SSSR count). The standard InChI is InChI=1S/C16H25NO2/c1-4-5-6-11-17-15-9-7-14(8-10-15)12-19-16(18)13(2)3/h7-10,13,17H,4-6,11-12H2,1-3H3. The number of esters is 1. The number of anilines is 1. The van der Waals surface area contributed by atoms with Crippen molar-refractivity contribution >= 4 is 11.7 Å². The molecule has 3 nitrogen and oxygen atoms in total. The Morgan fingerprint density at radius 3 is 2.47 bits per heavy atom. The molecule has 0 radical (unpaired) electrons. The maximum absolute atomic E-state index is 11.4. The molecule has 3 heteroatoms. The largest absolute Gasteiger partial charge is 0.461 e. The maximum atomic E-state index is 11.4. The fourth-order valence-electron chi connectivity index (χ4n) is 1.65. The average molecular weight is 263 g/mol. The molecule has 1 N–H and O–H groups in total. The summed E-state index contributed by atoms with van der Waals surface area (Å²) in [6.07, 6.45) is 3.70. The quantitative estimate of drug-likeness (QED) is 0.569. The minimum atomic E-state index is -0.151. The number of ether oxygens (including phenoxy) is 1. The number of benzene rings is 1. The van der Waals surface area contributed by atoms with Gasteiger partial charge in [-0.15, -0.1) is 0 Å². The minimum Gasteiger partial charge on any atom is -0.461 e. The Morgan fingerprint density at radius 2 is 1.89 bits per heavy atom. The van der Waals surface area contributed by atoms with E-state index in [1.165, 1.54) is 19.3 Å². The van der Waals surface area contributed by atoms with Gasteiger partial charge in [0.1, 0.15) is 6.61 Å². The SMILES string of the molecule is CCCCCNc1ccc(COC(=O)C(C)C)cc1. The maximum Gasteiger partial charge on any atom is 0.308 e. The minimum absolute atomic E-state index is 0.0699. The van der Waals surface area contributed by atoms with E-state index in [9.17, 15) is 4.79 Å². The molecule has 0 aromatic heterocycles. The van der Waals surface area contributed by atoms with Crippen molar-refractivity contribution in [3.05, 3.63) is 29.8 Å². The fourth-order valence-corrected chi connectivity index (χ4v) is 1.65. The zero-order chi connectivity index (χ0) is 14.1. The van der Waals surface area contributed by atoms with Crippen LogP contribution in [-0.2, 0) is 16.1 Å². The molecule has 0 amide bonds. The van der Waals surface area contributed by atoms with Gasteiger partial charge in [0.05, 0.1) is 5.92 Å². The van der Waals surface area contributed by atoms with Gasteiger partial charge < -0.3 is 10.1 Å². The zero-order valence-corrected chi connectivity index (χ0v) is 12.2. The number of unbranched alkanes of at least 4 members (excludes halogenated alkanes) is 2. The topological polar surface area (TPSA) is 38.3 Å². The van der Waals surface area contributed by atoms with Gasteiger partial charge in [-0.25, -0.2) is 0 Å². The Bertz CT molecular complexity index is 371. The van der Waals surface area contributed by atoms with Crippen LogP contribution in [0.3, 0.4) is 0 Å². The highest BCUT2D eigenvalue weighted by molar-refractivity contribution is 5.71. The second-order valence-electron chi connectivity index (χ2n) is 5.09. The third kappa shape index (κ3) is 6.27. The first kappa shape index (κ1) is 15.5. The predicted octanol–water partition coefficient (Wildman–Crippen LogP) is 3.99. The van der Waals surface area contributed by atoms with Crippen LogP contribution in [0.15, 0.2) is 24.3 Å². The van der Waals surface area contributed by atoms with Crippen LogP contribution in [0.1, 0.15) is 45.6 Å². The van der Waals surface area contributed by atoms with Gasteiger partial charge in [0.25, 0.3) is 0 Å². The van der Waals surface area contributed by atoms with Gasteiger partial charge in [-0.05, 0) is 24.1 Å². The molecular weight excluding hydrogens is 238 g/mol. The average Bonchev–Trinajstić information content (AvgIpc) is 2.42. The predicted molar refractivity (Wildman–Crippen MR) is 79.1 cm³/mol. The number of hydrogen-bond donors (Lipinski definition) is 1. The van der Waals surface area contributed by atoms with Crippen LogP contribution in [-0.4, -0.2) is 12.5 Å². The van der Waals surface area contributed by atoms with Gasteiger partial charge in [-0.1, -0.05) is 45.7 Å². The van der Waals surface area contributed by atoms with E-state index in [2.05, 4.69) is 12.2 Å². The van der Waals surface area contributed by atoms with E-state index in [1.807, 2.05) is 38.1 Å². The summed E-state index contributed by atoms with van der Waals surface area (Å²) in [7, 11) is 0. The van der Waals surface area contributed by atoms with Crippen LogP contribution < -0.4 is 5.32 Å². The van der Waals surface area contributed by atoms with E-state index in [0.717, 1.165) is 17.8 Å². The summed E-state index contributed by atoms with van der Waals surface area (Å²) in [5.41, 5.74) is 2.14. The normalized spacial score (nSPS) is 10.5. The van der Waals surface area contributed by atoms with Gasteiger partial charge >= 0.3 is 5.97 Å². The summed E-state index contributed by atoms with van der Waals surface area (Å²) < 4.78 is 5.18. The number of carbonyl (C=O) groups is 1. The highest BCUT2D eigenvalue weighted by atomic mass is 16.5. The van der Waals surface area contributed by atoms with E-state index in [0.29, 0.717) is 6.61 Å². The van der Waals surface area contributed by atoms with E-state index in [-0.39, 0.29) is 11.9 Å². The Hall–Kier alpha value is -1.51. The summed E-state index contributed by atoms with van der Waals surface area (Å²) in [5, 5.41) is 3.38. The van der Waals surface area contributed by atoms with Gasteiger partial charge in [-0.2, -0.15) is 0 Å². The molecule has 0 atom stereocenters. The zero-order valence-electron chi connectivity index (χ0n) is 12.2. The highest BCUT2D eigenvalue weighted by Gasteiger charge is 2.07. The molecule has 1 aromatic carbocycles. The molecule has 0 fully saturated rings. The molecule has 106 valence electrons. The summed E-state index contributed by atoms with van der Waals surface area (Å²) in [6, 6.07) is 8.06. The van der Waals surface area contributed by atoms with Crippen molar-refractivity contribution in [3.8, 4) is 0 Å². The van der Waals surface area contributed by atoms with Crippen LogP contribution >= 0.6 is 0 Å². The molecule has 0 bridgehead atoms. The molecule has 0 aliphatic rings. The van der Waals surface area contributed by atoms with Crippen LogP contribution in [0, 0.1) is 5.92 Å². The van der Waals surface area contributed by atoms with Crippen LogP contribution in [0.5, 0.6) is 0 Å². The summed E-state index contributed by atoms with van der Waals surface area (Å²) in [4.78, 5) is 11.4. The number of nitrogens with one attached hydrogen (secondary N) is 1. The monoisotopic (exact) mass is 263 g/mol. The molecule has 19 heavy (non-hydrogen) atoms. The van der Waals surface area contributed by atoms with E-state index < -0.39 is 0 Å². The summed E-state index contributed by atoms with van der Waals surface area (Å²) >= 11 is 0. The third-order valence-electron chi connectivity index (χ3n) is 2.92. The first-order chi connectivity index (χ1) is 9.13. The number of hydrogen-bond acceptors (Lipinski definition) is 3. The van der Waals surface area contributed by atoms with Crippen LogP contribution in [0.25, 0.3) is 0 Å². The fraction of sp³-hybridized carbons (Fsp3) is 0.562. The highest BCUT2D eigenvalue weighted by Crippen LogP contribution is 2.11. The van der Waals surface area contributed by atoms with Crippen molar-refractivity contribution in [2.75, 3.05) is 11.9 Å². The summed E-state index contributed by atoms with van der Waals surface area (Å²) in [5.74, 6) is -0.221. The Balaban J connectivity index is 2.33. The molecule has 0 saturated carbocycles. The van der Waals surface area contributed by atoms with Crippen molar-refractivity contribution < 1.29 is 9.53 Å². The lowest BCUT2D eigenvalue weighted by Crippen LogP contribution is -2.11. The molecule has 0 unspecified atom stereocenters. The van der Waals surface area contributed by atoms with Crippen molar-refractivity contribution in [2.45, 2.75) is 46.6 Å². The van der Waals surface area contributed by atoms with Crippen molar-refractivity contribution in [1.29, 1.82) is 0 Å². The van der Waals surface area contributed by atoms with Crippen molar-refractivity contribution in [3.63, 3.8) is 0 Å². The Kier molecular flexibility index (Phi) is 7.01. The van der Waals surface area contributed by atoms with Gasteiger partial charge in [0.2, 0.25) is 0 Å². The van der Waals surface area contributed by atoms with Crippen LogP contribution in [0.4, 0.5) is 5.69 Å². The lowest BCUT2D eigenvalue weighted by Gasteiger charge is -2.09. The van der Waals surface area contributed by atoms with Crippen molar-refractivity contribution in [2.24, 2.45) is 5.92 Å². The van der Waals surface area contributed by atoms with Gasteiger partial charge in [0.15, 0.2) is 0 Å². The first-order valence-corrected chi connectivity index (χ1v) is 7.13. The van der Waals surface area contributed by atoms with Gasteiger partial charge in [0, 0.05) is 12.2 Å². The molecule has 0 saturated heterocycles.